The van der Waals surface area contributed by atoms with Crippen LogP contribution >= 0.6 is 43.2 Å². The minimum atomic E-state index is -0.666. The van der Waals surface area contributed by atoms with Gasteiger partial charge in [-0.3, -0.25) is 9.36 Å². The van der Waals surface area contributed by atoms with E-state index in [0.717, 1.165) is 14.5 Å². The van der Waals surface area contributed by atoms with Crippen LogP contribution in [-0.2, 0) is 9.53 Å². The number of hydrogen-bond acceptors (Lipinski definition) is 6. The fourth-order valence-electron chi connectivity index (χ4n) is 3.78. The zero-order valence-electron chi connectivity index (χ0n) is 18.9. The van der Waals surface area contributed by atoms with Gasteiger partial charge in [0.25, 0.3) is 5.56 Å². The van der Waals surface area contributed by atoms with Gasteiger partial charge in [0.05, 0.1) is 28.5 Å². The Bertz CT molecular complexity index is 1550. The number of nitrogens with zero attached hydrogens (tertiary/aromatic N) is 2. The van der Waals surface area contributed by atoms with Crippen molar-refractivity contribution in [1.29, 1.82) is 0 Å². The molecule has 4 rings (SSSR count). The standard InChI is InChI=1S/C26H20Br2N2O4S/c1-4-12-34-20-11-10-19(28)13-17(20)14-21-24(31)30-23(16-6-8-18(27)9-7-16)22(25(32)33-5-2)15(3)29-26(30)35-21/h1,6-11,13-14,23H,5,12H2,2-3H3. The molecule has 0 spiro atoms. The Hall–Kier alpha value is -2.93. The molecule has 0 amide bonds. The fraction of sp³-hybridized carbons (Fsp3) is 0.192. The predicted molar refractivity (Wildman–Crippen MR) is 143 cm³/mol. The first-order valence-corrected chi connectivity index (χ1v) is 13.0. The SMILES string of the molecule is C#CCOc1ccc(Br)cc1C=c1sc2n(c1=O)C(c1ccc(Br)cc1)C(C(=O)OCC)=C(C)N=2. The summed E-state index contributed by atoms with van der Waals surface area (Å²) < 4.78 is 14.7. The van der Waals surface area contributed by atoms with Gasteiger partial charge in [-0.25, -0.2) is 9.79 Å². The predicted octanol–water partition coefficient (Wildman–Crippen LogP) is 4.34. The summed E-state index contributed by atoms with van der Waals surface area (Å²) in [4.78, 5) is 31.8. The lowest BCUT2D eigenvalue weighted by Crippen LogP contribution is -2.39. The van der Waals surface area contributed by atoms with Crippen molar-refractivity contribution in [1.82, 2.24) is 4.57 Å². The molecule has 3 aromatic rings. The zero-order chi connectivity index (χ0) is 25.1. The number of thiazole rings is 1. The van der Waals surface area contributed by atoms with Crippen molar-refractivity contribution in [3.8, 4) is 18.1 Å². The number of aromatic nitrogens is 1. The van der Waals surface area contributed by atoms with Gasteiger partial charge in [0.15, 0.2) is 4.80 Å². The van der Waals surface area contributed by atoms with Crippen LogP contribution in [0.15, 0.2) is 72.5 Å². The minimum absolute atomic E-state index is 0.107. The van der Waals surface area contributed by atoms with Crippen LogP contribution in [0.5, 0.6) is 5.75 Å². The molecule has 1 aliphatic heterocycles. The summed E-state index contributed by atoms with van der Waals surface area (Å²) in [6.45, 7) is 3.83. The maximum atomic E-state index is 13.7. The molecule has 1 aromatic heterocycles. The van der Waals surface area contributed by atoms with E-state index in [9.17, 15) is 9.59 Å². The first kappa shape index (κ1) is 25.2. The highest BCUT2D eigenvalue weighted by molar-refractivity contribution is 9.10. The van der Waals surface area contributed by atoms with Gasteiger partial charge in [0, 0.05) is 14.5 Å². The molecule has 0 radical (unpaired) electrons. The van der Waals surface area contributed by atoms with Crippen molar-refractivity contribution < 1.29 is 14.3 Å². The van der Waals surface area contributed by atoms with Crippen molar-refractivity contribution in [2.75, 3.05) is 13.2 Å². The van der Waals surface area contributed by atoms with Gasteiger partial charge in [-0.2, -0.15) is 0 Å². The Morgan fingerprint density at radius 3 is 2.63 bits per heavy atom. The number of halogens is 2. The van der Waals surface area contributed by atoms with Crippen molar-refractivity contribution in [2.45, 2.75) is 19.9 Å². The van der Waals surface area contributed by atoms with Crippen LogP contribution in [0.25, 0.3) is 6.08 Å². The van der Waals surface area contributed by atoms with Crippen LogP contribution in [0, 0.1) is 12.3 Å². The van der Waals surface area contributed by atoms with Crippen molar-refractivity contribution >= 4 is 55.2 Å². The molecule has 178 valence electrons. The number of rotatable bonds is 6. The normalized spacial score (nSPS) is 15.3. The van der Waals surface area contributed by atoms with E-state index in [4.69, 9.17) is 15.9 Å². The molecule has 0 bridgehead atoms. The van der Waals surface area contributed by atoms with Crippen molar-refractivity contribution in [3.05, 3.63) is 93.5 Å². The molecule has 1 atom stereocenters. The lowest BCUT2D eigenvalue weighted by atomic mass is 9.96. The Morgan fingerprint density at radius 1 is 1.23 bits per heavy atom. The monoisotopic (exact) mass is 614 g/mol. The maximum absolute atomic E-state index is 13.7. The molecule has 0 N–H and O–H groups in total. The van der Waals surface area contributed by atoms with E-state index in [-0.39, 0.29) is 18.8 Å². The molecule has 35 heavy (non-hydrogen) atoms. The molecular weight excluding hydrogens is 596 g/mol. The highest BCUT2D eigenvalue weighted by Crippen LogP contribution is 2.31. The van der Waals surface area contributed by atoms with E-state index >= 15 is 0 Å². The third kappa shape index (κ3) is 5.20. The molecule has 6 nitrogen and oxygen atoms in total. The third-order valence-corrected chi connectivity index (χ3v) is 7.28. The van der Waals surface area contributed by atoms with E-state index in [2.05, 4.69) is 42.8 Å². The molecule has 1 aliphatic rings. The van der Waals surface area contributed by atoms with Gasteiger partial charge >= 0.3 is 5.97 Å². The Labute approximate surface area is 222 Å². The molecule has 0 aliphatic carbocycles. The first-order chi connectivity index (χ1) is 16.8. The number of carbonyl (C=O) groups is 1. The second-order valence-corrected chi connectivity index (χ2v) is 10.4. The second kappa shape index (κ2) is 10.8. The number of terminal acetylenes is 1. The third-order valence-electron chi connectivity index (χ3n) is 5.27. The van der Waals surface area contributed by atoms with Crippen LogP contribution < -0.4 is 19.6 Å². The van der Waals surface area contributed by atoms with Gasteiger partial charge in [-0.05, 0) is 55.8 Å². The average molecular weight is 616 g/mol. The molecular formula is C26H20Br2N2O4S. The lowest BCUT2D eigenvalue weighted by Gasteiger charge is -2.24. The highest BCUT2D eigenvalue weighted by atomic mass is 79.9. The summed E-state index contributed by atoms with van der Waals surface area (Å²) in [6, 6.07) is 12.3. The Kier molecular flexibility index (Phi) is 7.75. The van der Waals surface area contributed by atoms with Crippen LogP contribution in [0.4, 0.5) is 0 Å². The maximum Gasteiger partial charge on any atom is 0.338 e. The van der Waals surface area contributed by atoms with Crippen LogP contribution in [0.3, 0.4) is 0 Å². The van der Waals surface area contributed by atoms with Gasteiger partial charge in [0.2, 0.25) is 0 Å². The number of fused-ring (bicyclic) bond motifs is 1. The average Bonchev–Trinajstić information content (AvgIpc) is 3.12. The molecule has 2 aromatic carbocycles. The molecule has 0 saturated carbocycles. The van der Waals surface area contributed by atoms with Crippen LogP contribution in [-0.4, -0.2) is 23.8 Å². The van der Waals surface area contributed by atoms with E-state index in [1.807, 2.05) is 36.4 Å². The van der Waals surface area contributed by atoms with Gasteiger partial charge in [-0.1, -0.05) is 61.2 Å². The molecule has 0 saturated heterocycles. The van der Waals surface area contributed by atoms with E-state index in [1.165, 1.54) is 11.3 Å². The topological polar surface area (TPSA) is 69.9 Å². The van der Waals surface area contributed by atoms with Crippen LogP contribution in [0.1, 0.15) is 31.0 Å². The summed E-state index contributed by atoms with van der Waals surface area (Å²) >= 11 is 8.17. The fourth-order valence-corrected chi connectivity index (χ4v) is 5.46. The molecule has 0 fully saturated rings. The van der Waals surface area contributed by atoms with Gasteiger partial charge in [0.1, 0.15) is 12.4 Å². The Balaban J connectivity index is 1.94. The highest BCUT2D eigenvalue weighted by Gasteiger charge is 2.33. The number of esters is 1. The Morgan fingerprint density at radius 2 is 1.94 bits per heavy atom. The smallest absolute Gasteiger partial charge is 0.338 e. The van der Waals surface area contributed by atoms with Crippen molar-refractivity contribution in [3.63, 3.8) is 0 Å². The summed E-state index contributed by atoms with van der Waals surface area (Å²) in [5.41, 5.74) is 2.07. The summed E-state index contributed by atoms with van der Waals surface area (Å²) in [5.74, 6) is 2.52. The summed E-state index contributed by atoms with van der Waals surface area (Å²) in [6.07, 6.45) is 7.10. The lowest BCUT2D eigenvalue weighted by molar-refractivity contribution is -0.139. The van der Waals surface area contributed by atoms with E-state index in [0.29, 0.717) is 31.9 Å². The summed E-state index contributed by atoms with van der Waals surface area (Å²) in [5, 5.41) is 0. The number of benzene rings is 2. The van der Waals surface area contributed by atoms with Gasteiger partial charge < -0.3 is 9.47 Å². The van der Waals surface area contributed by atoms with Gasteiger partial charge in [-0.15, -0.1) is 6.42 Å². The molecule has 1 unspecified atom stereocenters. The van der Waals surface area contributed by atoms with Crippen LogP contribution in [0.2, 0.25) is 0 Å². The first-order valence-electron chi connectivity index (χ1n) is 10.6. The molecule has 9 heteroatoms. The van der Waals surface area contributed by atoms with E-state index in [1.54, 1.807) is 30.6 Å². The minimum Gasteiger partial charge on any atom is -0.480 e. The van der Waals surface area contributed by atoms with Crippen molar-refractivity contribution in [2.24, 2.45) is 4.99 Å². The second-order valence-electron chi connectivity index (χ2n) is 7.53. The summed E-state index contributed by atoms with van der Waals surface area (Å²) in [7, 11) is 0. The quantitative estimate of drug-likeness (QED) is 0.306. The largest absolute Gasteiger partial charge is 0.480 e. The zero-order valence-corrected chi connectivity index (χ0v) is 22.9. The number of carbonyl (C=O) groups excluding carboxylic acids is 1. The van der Waals surface area contributed by atoms with E-state index < -0.39 is 12.0 Å². The number of hydrogen-bond donors (Lipinski definition) is 0. The number of ether oxygens (including phenoxy) is 2. The number of allylic oxidation sites excluding steroid dienone is 1. The molecule has 2 heterocycles.